The largest absolute Gasteiger partial charge is 0.349 e. The zero-order chi connectivity index (χ0) is 17.1. The van der Waals surface area contributed by atoms with Gasteiger partial charge in [0.2, 0.25) is 11.8 Å². The highest BCUT2D eigenvalue weighted by molar-refractivity contribution is 7.09. The van der Waals surface area contributed by atoms with Crippen molar-refractivity contribution in [1.29, 1.82) is 0 Å². The van der Waals surface area contributed by atoms with Crippen LogP contribution in [0.3, 0.4) is 0 Å². The summed E-state index contributed by atoms with van der Waals surface area (Å²) in [7, 11) is 0. The Labute approximate surface area is 145 Å². The summed E-state index contributed by atoms with van der Waals surface area (Å²) < 4.78 is 0. The van der Waals surface area contributed by atoms with Crippen molar-refractivity contribution in [3.05, 3.63) is 45.9 Å². The number of carbonyl (C=O) groups excluding carboxylic acids is 2. The first kappa shape index (κ1) is 16.6. The van der Waals surface area contributed by atoms with Gasteiger partial charge < -0.3 is 10.2 Å². The number of nitrogens with zero attached hydrogens (tertiary/aromatic N) is 2. The average molecular weight is 343 g/mol. The molecule has 24 heavy (non-hydrogen) atoms. The fourth-order valence-corrected chi connectivity index (χ4v) is 3.72. The van der Waals surface area contributed by atoms with E-state index in [0.717, 1.165) is 28.4 Å². The predicted molar refractivity (Wildman–Crippen MR) is 95.1 cm³/mol. The number of benzene rings is 1. The van der Waals surface area contributed by atoms with Crippen molar-refractivity contribution in [1.82, 2.24) is 10.3 Å². The smallest absolute Gasteiger partial charge is 0.223 e. The summed E-state index contributed by atoms with van der Waals surface area (Å²) in [4.78, 5) is 30.2. The molecule has 1 N–H and O–H groups in total. The highest BCUT2D eigenvalue weighted by Gasteiger charge is 2.27. The van der Waals surface area contributed by atoms with Crippen molar-refractivity contribution >= 4 is 28.8 Å². The van der Waals surface area contributed by atoms with Crippen LogP contribution in [0, 0.1) is 6.92 Å². The molecular formula is C18H21N3O2S. The molecule has 0 bridgehead atoms. The summed E-state index contributed by atoms with van der Waals surface area (Å²) in [5.41, 5.74) is 2.88. The van der Waals surface area contributed by atoms with Crippen LogP contribution in [-0.4, -0.2) is 23.3 Å². The fourth-order valence-electron chi connectivity index (χ4n) is 3.07. The van der Waals surface area contributed by atoms with Crippen LogP contribution in [0.2, 0.25) is 0 Å². The molecule has 1 aromatic carbocycles. The molecule has 0 saturated carbocycles. The van der Waals surface area contributed by atoms with Crippen LogP contribution in [0.1, 0.15) is 42.1 Å². The van der Waals surface area contributed by atoms with Gasteiger partial charge in [0.25, 0.3) is 0 Å². The van der Waals surface area contributed by atoms with Gasteiger partial charge in [-0.3, -0.25) is 9.59 Å². The Bertz CT molecular complexity index is 756. The summed E-state index contributed by atoms with van der Waals surface area (Å²) in [5, 5.41) is 6.14. The van der Waals surface area contributed by atoms with Crippen LogP contribution in [0.4, 0.5) is 5.69 Å². The number of anilines is 1. The summed E-state index contributed by atoms with van der Waals surface area (Å²) in [6, 6.07) is 7.75. The maximum Gasteiger partial charge on any atom is 0.223 e. The van der Waals surface area contributed by atoms with E-state index in [2.05, 4.69) is 10.3 Å². The van der Waals surface area contributed by atoms with Crippen LogP contribution < -0.4 is 10.2 Å². The van der Waals surface area contributed by atoms with Gasteiger partial charge >= 0.3 is 0 Å². The lowest BCUT2D eigenvalue weighted by atomic mass is 9.96. The molecule has 0 saturated heterocycles. The molecular weight excluding hydrogens is 322 g/mol. The van der Waals surface area contributed by atoms with E-state index < -0.39 is 0 Å². The number of nitrogens with one attached hydrogen (secondary N) is 1. The Hall–Kier alpha value is -2.21. The number of amides is 2. The molecule has 3 rings (SSSR count). The second-order valence-corrected chi connectivity index (χ2v) is 7.06. The van der Waals surface area contributed by atoms with E-state index >= 15 is 0 Å². The maximum absolute atomic E-state index is 12.3. The minimum absolute atomic E-state index is 0.0248. The lowest BCUT2D eigenvalue weighted by Crippen LogP contribution is -2.40. The van der Waals surface area contributed by atoms with Gasteiger partial charge in [0, 0.05) is 31.0 Å². The second kappa shape index (κ2) is 7.13. The molecule has 0 aliphatic carbocycles. The first-order chi connectivity index (χ1) is 11.5. The van der Waals surface area contributed by atoms with Gasteiger partial charge in [0.05, 0.1) is 16.7 Å². The van der Waals surface area contributed by atoms with E-state index in [0.29, 0.717) is 19.4 Å². The SMILES string of the molecule is CC(=O)N1CCC(NC(=O)CCc2csc(C)n2)c2ccccc21. The fraction of sp³-hybridized carbons (Fsp3) is 0.389. The van der Waals surface area contributed by atoms with E-state index in [1.54, 1.807) is 23.2 Å². The minimum Gasteiger partial charge on any atom is -0.349 e. The Morgan fingerprint density at radius 1 is 1.38 bits per heavy atom. The first-order valence-corrected chi connectivity index (χ1v) is 9.00. The number of aryl methyl sites for hydroxylation is 2. The molecule has 2 aromatic rings. The van der Waals surface area contributed by atoms with Crippen molar-refractivity contribution in [3.63, 3.8) is 0 Å². The van der Waals surface area contributed by atoms with Gasteiger partial charge in [0.1, 0.15) is 0 Å². The lowest BCUT2D eigenvalue weighted by Gasteiger charge is -2.34. The molecule has 126 valence electrons. The van der Waals surface area contributed by atoms with Crippen LogP contribution in [0.15, 0.2) is 29.6 Å². The number of carbonyl (C=O) groups is 2. The summed E-state index contributed by atoms with van der Waals surface area (Å²) in [6.45, 7) is 4.17. The maximum atomic E-state index is 12.3. The van der Waals surface area contributed by atoms with Gasteiger partial charge in [-0.15, -0.1) is 11.3 Å². The Kier molecular flexibility index (Phi) is 4.94. The number of para-hydroxylation sites is 1. The molecule has 5 nitrogen and oxygen atoms in total. The first-order valence-electron chi connectivity index (χ1n) is 8.12. The van der Waals surface area contributed by atoms with Crippen LogP contribution in [0.5, 0.6) is 0 Å². The number of rotatable bonds is 4. The standard InChI is InChI=1S/C18H21N3O2S/c1-12-19-14(11-24-12)7-8-18(23)20-16-9-10-21(13(2)22)17-6-4-3-5-15(16)17/h3-6,11,16H,7-10H2,1-2H3,(H,20,23). The normalized spacial score (nSPS) is 16.6. The zero-order valence-corrected chi connectivity index (χ0v) is 14.7. The third kappa shape index (κ3) is 3.64. The predicted octanol–water partition coefficient (Wildman–Crippen LogP) is 3.00. The zero-order valence-electron chi connectivity index (χ0n) is 13.9. The highest BCUT2D eigenvalue weighted by Crippen LogP contribution is 2.33. The molecule has 0 spiro atoms. The van der Waals surface area contributed by atoms with Crippen LogP contribution in [-0.2, 0) is 16.0 Å². The molecule has 2 heterocycles. The quantitative estimate of drug-likeness (QED) is 0.928. The van der Waals surface area contributed by atoms with Crippen molar-refractivity contribution in [2.75, 3.05) is 11.4 Å². The highest BCUT2D eigenvalue weighted by atomic mass is 32.1. The van der Waals surface area contributed by atoms with Crippen LogP contribution >= 0.6 is 11.3 Å². The molecule has 2 amide bonds. The van der Waals surface area contributed by atoms with E-state index in [-0.39, 0.29) is 17.9 Å². The van der Waals surface area contributed by atoms with E-state index in [4.69, 9.17) is 0 Å². The van der Waals surface area contributed by atoms with Gasteiger partial charge in [0.15, 0.2) is 0 Å². The van der Waals surface area contributed by atoms with Crippen molar-refractivity contribution in [2.45, 2.75) is 39.2 Å². The van der Waals surface area contributed by atoms with Crippen molar-refractivity contribution in [2.24, 2.45) is 0 Å². The summed E-state index contributed by atoms with van der Waals surface area (Å²) in [5.74, 6) is 0.0582. The molecule has 1 unspecified atom stereocenters. The number of hydrogen-bond acceptors (Lipinski definition) is 4. The Morgan fingerprint density at radius 3 is 2.88 bits per heavy atom. The van der Waals surface area contributed by atoms with Crippen molar-refractivity contribution in [3.8, 4) is 0 Å². The monoisotopic (exact) mass is 343 g/mol. The Balaban J connectivity index is 1.65. The topological polar surface area (TPSA) is 62.3 Å². The lowest BCUT2D eigenvalue weighted by molar-refractivity contribution is -0.121. The van der Waals surface area contributed by atoms with E-state index in [1.165, 1.54) is 0 Å². The number of fused-ring (bicyclic) bond motifs is 1. The number of hydrogen-bond donors (Lipinski definition) is 1. The van der Waals surface area contributed by atoms with Gasteiger partial charge in [-0.25, -0.2) is 4.98 Å². The Morgan fingerprint density at radius 2 is 2.17 bits per heavy atom. The summed E-state index contributed by atoms with van der Waals surface area (Å²) in [6.07, 6.45) is 1.82. The molecule has 0 radical (unpaired) electrons. The number of thiazole rings is 1. The van der Waals surface area contributed by atoms with Gasteiger partial charge in [-0.05, 0) is 31.4 Å². The second-order valence-electron chi connectivity index (χ2n) is 6.00. The third-order valence-electron chi connectivity index (χ3n) is 4.23. The van der Waals surface area contributed by atoms with E-state index in [9.17, 15) is 9.59 Å². The molecule has 0 fully saturated rings. The molecule has 1 atom stereocenters. The number of aromatic nitrogens is 1. The van der Waals surface area contributed by atoms with E-state index in [1.807, 2.05) is 36.6 Å². The molecule has 6 heteroatoms. The minimum atomic E-state index is -0.0403. The molecule has 1 aliphatic rings. The van der Waals surface area contributed by atoms with Crippen molar-refractivity contribution < 1.29 is 9.59 Å². The van der Waals surface area contributed by atoms with Gasteiger partial charge in [-0.2, -0.15) is 0 Å². The summed E-state index contributed by atoms with van der Waals surface area (Å²) >= 11 is 1.61. The van der Waals surface area contributed by atoms with Crippen LogP contribution in [0.25, 0.3) is 0 Å². The van der Waals surface area contributed by atoms with Gasteiger partial charge in [-0.1, -0.05) is 18.2 Å². The molecule has 1 aromatic heterocycles. The average Bonchev–Trinajstić information content (AvgIpc) is 2.98. The third-order valence-corrected chi connectivity index (χ3v) is 5.06. The molecule has 1 aliphatic heterocycles.